The number of carbonyl (C=O) groups excluding carboxylic acids is 3. The van der Waals surface area contributed by atoms with E-state index in [-0.39, 0.29) is 11.1 Å². The molecule has 7 nitrogen and oxygen atoms in total. The molecule has 0 aliphatic carbocycles. The second kappa shape index (κ2) is 11.7. The summed E-state index contributed by atoms with van der Waals surface area (Å²) in [6.45, 7) is 5.73. The van der Waals surface area contributed by atoms with Gasteiger partial charge in [-0.25, -0.2) is 4.90 Å². The molecule has 1 aromatic heterocycles. The van der Waals surface area contributed by atoms with Crippen LogP contribution in [0.4, 0.5) is 24.5 Å². The van der Waals surface area contributed by atoms with Crippen LogP contribution < -0.4 is 15.1 Å². The highest BCUT2D eigenvalue weighted by molar-refractivity contribution is 8.00. The van der Waals surface area contributed by atoms with E-state index < -0.39 is 58.0 Å². The summed E-state index contributed by atoms with van der Waals surface area (Å²) in [5.41, 5.74) is 1.04. The molecule has 1 N–H and O–H groups in total. The van der Waals surface area contributed by atoms with Crippen molar-refractivity contribution in [1.29, 1.82) is 0 Å². The van der Waals surface area contributed by atoms with Gasteiger partial charge >= 0.3 is 11.0 Å². The van der Waals surface area contributed by atoms with Crippen LogP contribution in [0.15, 0.2) is 82.6 Å². The second-order valence-electron chi connectivity index (χ2n) is 12.2. The number of thiazole rings is 1. The van der Waals surface area contributed by atoms with Crippen molar-refractivity contribution in [2.75, 3.05) is 10.2 Å². The van der Waals surface area contributed by atoms with Crippen LogP contribution in [0.1, 0.15) is 48.3 Å². The Balaban J connectivity index is 1.39. The van der Waals surface area contributed by atoms with Gasteiger partial charge in [-0.1, -0.05) is 85.8 Å². The van der Waals surface area contributed by atoms with Gasteiger partial charge in [0.2, 0.25) is 17.7 Å². The third kappa shape index (κ3) is 5.89. The fourth-order valence-corrected chi connectivity index (χ4v) is 8.67. The molecule has 4 aromatic rings. The topological polar surface area (TPSA) is 88.5 Å². The molecule has 13 heteroatoms. The first-order valence-electron chi connectivity index (χ1n) is 14.2. The Bertz CT molecular complexity index is 1910. The van der Waals surface area contributed by atoms with E-state index in [0.717, 1.165) is 51.3 Å². The molecule has 46 heavy (non-hydrogen) atoms. The number of amides is 3. The highest BCUT2D eigenvalue weighted by atomic mass is 35.5. The Morgan fingerprint density at radius 3 is 2.22 bits per heavy atom. The summed E-state index contributed by atoms with van der Waals surface area (Å²) in [6.07, 6.45) is -4.59. The van der Waals surface area contributed by atoms with E-state index in [1.807, 2.05) is 24.3 Å². The van der Waals surface area contributed by atoms with Crippen LogP contribution in [0, 0.1) is 5.92 Å². The molecule has 6 rings (SSSR count). The third-order valence-electron chi connectivity index (χ3n) is 8.05. The lowest BCUT2D eigenvalue weighted by Crippen LogP contribution is -2.33. The molecule has 238 valence electrons. The summed E-state index contributed by atoms with van der Waals surface area (Å²) in [7, 11) is 0. The van der Waals surface area contributed by atoms with Crippen molar-refractivity contribution in [2.24, 2.45) is 5.92 Å². The molecule has 3 amide bonds. The first-order chi connectivity index (χ1) is 21.6. The maximum Gasteiger partial charge on any atom is 0.416 e. The summed E-state index contributed by atoms with van der Waals surface area (Å²) in [4.78, 5) is 55.6. The number of nitrogens with zero attached hydrogens (tertiary/aromatic N) is 2. The Kier molecular flexibility index (Phi) is 8.19. The van der Waals surface area contributed by atoms with Crippen molar-refractivity contribution in [3.63, 3.8) is 0 Å². The number of hydrogen-bond donors (Lipinski definition) is 1. The number of rotatable bonds is 5. The lowest BCUT2D eigenvalue weighted by Gasteiger charge is -2.31. The van der Waals surface area contributed by atoms with Gasteiger partial charge in [0.15, 0.2) is 0 Å². The number of fused-ring (bicyclic) bond motifs is 2. The van der Waals surface area contributed by atoms with Gasteiger partial charge in [0.25, 0.3) is 0 Å². The van der Waals surface area contributed by atoms with Gasteiger partial charge in [-0.3, -0.25) is 23.7 Å². The highest BCUT2D eigenvalue weighted by Gasteiger charge is 2.56. The quantitative estimate of drug-likeness (QED) is 0.223. The number of thioether (sulfide) groups is 1. The molecule has 1 saturated heterocycles. The van der Waals surface area contributed by atoms with Crippen LogP contribution in [-0.2, 0) is 32.5 Å². The fourth-order valence-electron chi connectivity index (χ4n) is 5.77. The maximum absolute atomic E-state index is 14.1. The van der Waals surface area contributed by atoms with Gasteiger partial charge in [0.05, 0.1) is 22.2 Å². The lowest BCUT2D eigenvalue weighted by atomic mass is 9.81. The molecule has 0 radical (unpaired) electrons. The number of carbonyl (C=O) groups is 3. The van der Waals surface area contributed by atoms with Gasteiger partial charge in [-0.05, 0) is 59.0 Å². The van der Waals surface area contributed by atoms with Crippen LogP contribution in [-0.4, -0.2) is 27.5 Å². The number of benzene rings is 3. The molecule has 0 bridgehead atoms. The maximum atomic E-state index is 14.1. The summed E-state index contributed by atoms with van der Waals surface area (Å²) in [6, 6.07) is 18.3. The molecule has 2 aliphatic heterocycles. The molecule has 0 spiro atoms. The predicted octanol–water partition coefficient (Wildman–Crippen LogP) is 7.31. The third-order valence-corrected chi connectivity index (χ3v) is 10.9. The number of hydrogen-bond acceptors (Lipinski definition) is 6. The first kappa shape index (κ1) is 32.1. The standard InChI is InChI=1S/C33H27ClF3N3O4S2/c1-32(2,3)18-9-7-17(8-10-18)24-25-26(29(43)40(28(25)42)22-13-11-20(34)12-14-22)45-30-27(24)46-31(44)39(30)16-23(41)38-21-6-4-5-19(15-21)33(35,36)37/h4-15,24-26H,16H2,1-3H3,(H,38,41)/t24-,25-,26+/m0/s1. The summed E-state index contributed by atoms with van der Waals surface area (Å²) in [5, 5.41) is 2.37. The number of halogens is 4. The molecular weight excluding hydrogens is 659 g/mol. The smallest absolute Gasteiger partial charge is 0.325 e. The van der Waals surface area contributed by atoms with Gasteiger partial charge in [-0.2, -0.15) is 13.2 Å². The van der Waals surface area contributed by atoms with E-state index in [1.54, 1.807) is 24.3 Å². The minimum atomic E-state index is -4.59. The minimum absolute atomic E-state index is 0.0725. The molecule has 0 saturated carbocycles. The predicted molar refractivity (Wildman–Crippen MR) is 173 cm³/mol. The molecular formula is C33H27ClF3N3O4S2. The van der Waals surface area contributed by atoms with Crippen LogP contribution in [0.25, 0.3) is 0 Å². The van der Waals surface area contributed by atoms with Crippen LogP contribution in [0.5, 0.6) is 0 Å². The Labute approximate surface area is 275 Å². The Morgan fingerprint density at radius 1 is 0.913 bits per heavy atom. The van der Waals surface area contributed by atoms with Gasteiger partial charge in [0, 0.05) is 21.5 Å². The second-order valence-corrected chi connectivity index (χ2v) is 14.7. The van der Waals surface area contributed by atoms with Crippen molar-refractivity contribution in [2.45, 2.75) is 55.1 Å². The average molecular weight is 686 g/mol. The zero-order valence-corrected chi connectivity index (χ0v) is 27.1. The number of alkyl halides is 3. The van der Waals surface area contributed by atoms with Crippen molar-refractivity contribution in [3.05, 3.63) is 109 Å². The zero-order valence-electron chi connectivity index (χ0n) is 24.7. The van der Waals surface area contributed by atoms with Crippen molar-refractivity contribution in [1.82, 2.24) is 4.57 Å². The molecule has 0 unspecified atom stereocenters. The fraction of sp³-hybridized carbons (Fsp3) is 0.273. The number of imide groups is 1. The summed E-state index contributed by atoms with van der Waals surface area (Å²) >= 11 is 8.00. The van der Waals surface area contributed by atoms with Gasteiger partial charge < -0.3 is 5.32 Å². The molecule has 3 heterocycles. The van der Waals surface area contributed by atoms with Crippen molar-refractivity contribution in [3.8, 4) is 0 Å². The van der Waals surface area contributed by atoms with E-state index in [1.165, 1.54) is 16.7 Å². The van der Waals surface area contributed by atoms with Crippen LogP contribution in [0.2, 0.25) is 5.02 Å². The normalized spacial score (nSPS) is 19.6. The Hall–Kier alpha value is -3.87. The molecule has 3 atom stereocenters. The van der Waals surface area contributed by atoms with Crippen LogP contribution in [0.3, 0.4) is 0 Å². The number of anilines is 2. The van der Waals surface area contributed by atoms with E-state index in [4.69, 9.17) is 11.6 Å². The first-order valence-corrected chi connectivity index (χ1v) is 16.3. The van der Waals surface area contributed by atoms with Crippen molar-refractivity contribution >= 4 is 63.8 Å². The summed E-state index contributed by atoms with van der Waals surface area (Å²) in [5.74, 6) is -3.06. The minimum Gasteiger partial charge on any atom is -0.325 e. The summed E-state index contributed by atoms with van der Waals surface area (Å²) < 4.78 is 40.8. The van der Waals surface area contributed by atoms with E-state index in [2.05, 4.69) is 26.1 Å². The number of aromatic nitrogens is 1. The molecule has 3 aromatic carbocycles. The molecule has 1 fully saturated rings. The largest absolute Gasteiger partial charge is 0.416 e. The van der Waals surface area contributed by atoms with Crippen LogP contribution >= 0.6 is 34.7 Å². The SMILES string of the molecule is CC(C)(C)c1ccc([C@@H]2c3sc(=O)n(CC(=O)Nc4cccc(C(F)(F)F)c4)c3S[C@H]3C(=O)N(c4ccc(Cl)cc4)C(=O)[C@@H]23)cc1. The average Bonchev–Trinajstić information content (AvgIpc) is 3.43. The van der Waals surface area contributed by atoms with Crippen molar-refractivity contribution < 1.29 is 27.6 Å². The van der Waals surface area contributed by atoms with Gasteiger partial charge in [0.1, 0.15) is 11.8 Å². The molecule has 2 aliphatic rings. The van der Waals surface area contributed by atoms with E-state index in [9.17, 15) is 32.3 Å². The zero-order chi connectivity index (χ0) is 33.1. The number of nitrogens with one attached hydrogen (secondary N) is 1. The lowest BCUT2D eigenvalue weighted by molar-refractivity contribution is -0.137. The van der Waals surface area contributed by atoms with E-state index >= 15 is 0 Å². The monoisotopic (exact) mass is 685 g/mol. The van der Waals surface area contributed by atoms with E-state index in [0.29, 0.717) is 20.6 Å². The Morgan fingerprint density at radius 2 is 1.59 bits per heavy atom. The van der Waals surface area contributed by atoms with Gasteiger partial charge in [-0.15, -0.1) is 0 Å². The highest BCUT2D eigenvalue weighted by Crippen LogP contribution is 2.54.